The molecule has 35 heavy (non-hydrogen) atoms. The van der Waals surface area contributed by atoms with Crippen LogP contribution < -0.4 is 10.1 Å². The first kappa shape index (κ1) is 22.3. The summed E-state index contributed by atoms with van der Waals surface area (Å²) in [6, 6.07) is 20.8. The molecule has 174 valence electrons. The van der Waals surface area contributed by atoms with Gasteiger partial charge >= 0.3 is 0 Å². The van der Waals surface area contributed by atoms with E-state index in [4.69, 9.17) is 9.72 Å². The van der Waals surface area contributed by atoms with Crippen LogP contribution in [0, 0.1) is 0 Å². The fourth-order valence-electron chi connectivity index (χ4n) is 4.24. The van der Waals surface area contributed by atoms with E-state index in [0.29, 0.717) is 24.0 Å². The molecule has 0 saturated heterocycles. The number of imidazole rings is 1. The molecule has 0 aliphatic carbocycles. The third-order valence-electron chi connectivity index (χ3n) is 5.93. The Hall–Kier alpha value is -4.52. The van der Waals surface area contributed by atoms with Gasteiger partial charge in [0.1, 0.15) is 11.6 Å². The number of nitrogens with zero attached hydrogens (tertiary/aromatic N) is 4. The highest BCUT2D eigenvalue weighted by Crippen LogP contribution is 2.27. The molecule has 1 atom stereocenters. The molecule has 2 aromatic heterocycles. The van der Waals surface area contributed by atoms with Crippen LogP contribution in [0.5, 0.6) is 5.75 Å². The van der Waals surface area contributed by atoms with Gasteiger partial charge < -0.3 is 14.6 Å². The van der Waals surface area contributed by atoms with E-state index >= 15 is 0 Å². The van der Waals surface area contributed by atoms with Crippen LogP contribution in [0.4, 0.5) is 0 Å². The molecule has 0 spiro atoms. The van der Waals surface area contributed by atoms with Crippen LogP contribution >= 0.6 is 0 Å². The monoisotopic (exact) mass is 463 g/mol. The van der Waals surface area contributed by atoms with Crippen molar-refractivity contribution in [3.8, 4) is 5.75 Å². The van der Waals surface area contributed by atoms with Crippen molar-refractivity contribution in [2.24, 2.45) is 0 Å². The number of allylic oxidation sites excluding steroid dienone is 1. The number of carbonyl (C=O) groups is 1. The van der Waals surface area contributed by atoms with E-state index in [1.165, 1.54) is 0 Å². The first-order valence-corrected chi connectivity index (χ1v) is 11.4. The van der Waals surface area contributed by atoms with Gasteiger partial charge in [0.25, 0.3) is 5.91 Å². The Bertz CT molecular complexity index is 1510. The third-order valence-corrected chi connectivity index (χ3v) is 5.93. The lowest BCUT2D eigenvalue weighted by molar-refractivity contribution is 0.0934. The van der Waals surface area contributed by atoms with Crippen molar-refractivity contribution in [1.29, 1.82) is 0 Å². The summed E-state index contributed by atoms with van der Waals surface area (Å²) in [6.45, 7) is 4.47. The predicted octanol–water partition coefficient (Wildman–Crippen LogP) is 4.89. The van der Waals surface area contributed by atoms with Gasteiger partial charge in [-0.1, -0.05) is 36.4 Å². The summed E-state index contributed by atoms with van der Waals surface area (Å²) >= 11 is 0. The maximum absolute atomic E-state index is 13.4. The molecule has 1 N–H and O–H groups in total. The predicted molar refractivity (Wildman–Crippen MR) is 136 cm³/mol. The molecule has 5 aromatic rings. The second-order valence-corrected chi connectivity index (χ2v) is 8.20. The van der Waals surface area contributed by atoms with E-state index < -0.39 is 0 Å². The Morgan fingerprint density at radius 2 is 1.80 bits per heavy atom. The minimum absolute atomic E-state index is 0.201. The number of carbonyl (C=O) groups excluding carboxylic acids is 1. The normalized spacial score (nSPS) is 11.9. The van der Waals surface area contributed by atoms with E-state index in [1.54, 1.807) is 31.6 Å². The minimum Gasteiger partial charge on any atom is -0.497 e. The number of aromatic nitrogens is 4. The van der Waals surface area contributed by atoms with Crippen molar-refractivity contribution in [2.45, 2.75) is 19.0 Å². The average molecular weight is 464 g/mol. The third kappa shape index (κ3) is 4.61. The number of fused-ring (bicyclic) bond motifs is 2. The smallest absolute Gasteiger partial charge is 0.251 e. The molecule has 1 amide bonds. The molecule has 7 heteroatoms. The Labute approximate surface area is 203 Å². The number of methoxy groups -OCH3 is 1. The molecule has 3 aromatic carbocycles. The number of hydrogen-bond acceptors (Lipinski definition) is 5. The van der Waals surface area contributed by atoms with Crippen molar-refractivity contribution in [2.75, 3.05) is 7.11 Å². The second-order valence-electron chi connectivity index (χ2n) is 8.20. The van der Waals surface area contributed by atoms with Crippen molar-refractivity contribution >= 4 is 28.0 Å². The molecule has 0 radical (unpaired) electrons. The van der Waals surface area contributed by atoms with E-state index in [1.807, 2.05) is 60.7 Å². The molecule has 0 aliphatic rings. The average Bonchev–Trinajstić information content (AvgIpc) is 3.26. The maximum Gasteiger partial charge on any atom is 0.251 e. The zero-order chi connectivity index (χ0) is 24.2. The van der Waals surface area contributed by atoms with Crippen molar-refractivity contribution in [3.05, 3.63) is 109 Å². The first-order chi connectivity index (χ1) is 17.2. The number of rotatable bonds is 8. The largest absolute Gasteiger partial charge is 0.497 e. The summed E-state index contributed by atoms with van der Waals surface area (Å²) in [7, 11) is 1.64. The van der Waals surface area contributed by atoms with Crippen LogP contribution in [0.25, 0.3) is 22.1 Å². The summed E-state index contributed by atoms with van der Waals surface area (Å²) in [5.74, 6) is 1.30. The lowest BCUT2D eigenvalue weighted by Gasteiger charge is -2.20. The Balaban J connectivity index is 1.56. The SMILES string of the molecule is C=CCn1c(C(Cc2ccccc2)NC(=O)c2ccc3nccnc3c2)nc2ccc(OC)cc21. The molecule has 7 nitrogen and oxygen atoms in total. The van der Waals surface area contributed by atoms with Crippen molar-refractivity contribution in [3.63, 3.8) is 0 Å². The Morgan fingerprint density at radius 1 is 1.03 bits per heavy atom. The fourth-order valence-corrected chi connectivity index (χ4v) is 4.24. The molecule has 0 saturated carbocycles. The standard InChI is InChI=1S/C28H25N5O2/c1-3-15-33-26-18-21(35-2)10-12-23(26)31-27(33)25(16-19-7-5-4-6-8-19)32-28(34)20-9-11-22-24(17-20)30-14-13-29-22/h3-14,17-18,25H,1,15-16H2,2H3,(H,32,34). The number of amides is 1. The summed E-state index contributed by atoms with van der Waals surface area (Å²) in [5, 5.41) is 3.22. The zero-order valence-corrected chi connectivity index (χ0v) is 19.4. The molecule has 1 unspecified atom stereocenters. The number of nitrogens with one attached hydrogen (secondary N) is 1. The Morgan fingerprint density at radius 3 is 2.57 bits per heavy atom. The highest BCUT2D eigenvalue weighted by atomic mass is 16.5. The number of hydrogen-bond donors (Lipinski definition) is 1. The molecule has 0 bridgehead atoms. The van der Waals surface area contributed by atoms with Gasteiger partial charge in [-0.25, -0.2) is 4.98 Å². The van der Waals surface area contributed by atoms with Gasteiger partial charge in [-0.3, -0.25) is 14.8 Å². The van der Waals surface area contributed by atoms with E-state index in [2.05, 4.69) is 26.4 Å². The van der Waals surface area contributed by atoms with E-state index in [0.717, 1.165) is 33.7 Å². The van der Waals surface area contributed by atoms with Crippen molar-refractivity contribution < 1.29 is 9.53 Å². The number of benzene rings is 3. The summed E-state index contributed by atoms with van der Waals surface area (Å²) in [5.41, 5.74) is 4.78. The van der Waals surface area contributed by atoms with Crippen LogP contribution in [-0.4, -0.2) is 32.5 Å². The summed E-state index contributed by atoms with van der Waals surface area (Å²) in [4.78, 5) is 27.0. The van der Waals surface area contributed by atoms with Crippen molar-refractivity contribution in [1.82, 2.24) is 24.8 Å². The zero-order valence-electron chi connectivity index (χ0n) is 19.4. The highest BCUT2D eigenvalue weighted by molar-refractivity contribution is 5.97. The highest BCUT2D eigenvalue weighted by Gasteiger charge is 2.23. The van der Waals surface area contributed by atoms with E-state index in [9.17, 15) is 4.79 Å². The van der Waals surface area contributed by atoms with E-state index in [-0.39, 0.29) is 11.9 Å². The van der Waals surface area contributed by atoms with Gasteiger partial charge in [0, 0.05) is 30.6 Å². The first-order valence-electron chi connectivity index (χ1n) is 11.4. The van der Waals surface area contributed by atoms with Gasteiger partial charge in [0.2, 0.25) is 0 Å². The van der Waals surface area contributed by atoms with Crippen LogP contribution in [-0.2, 0) is 13.0 Å². The maximum atomic E-state index is 13.4. The van der Waals surface area contributed by atoms with Crippen LogP contribution in [0.1, 0.15) is 27.8 Å². The molecular weight excluding hydrogens is 438 g/mol. The van der Waals surface area contributed by atoms with Gasteiger partial charge in [-0.2, -0.15) is 0 Å². The van der Waals surface area contributed by atoms with Crippen LogP contribution in [0.15, 0.2) is 91.8 Å². The quantitative estimate of drug-likeness (QED) is 0.332. The summed E-state index contributed by atoms with van der Waals surface area (Å²) < 4.78 is 7.50. The lowest BCUT2D eigenvalue weighted by Crippen LogP contribution is -2.32. The van der Waals surface area contributed by atoms with Gasteiger partial charge in [0.05, 0.1) is 35.2 Å². The minimum atomic E-state index is -0.374. The van der Waals surface area contributed by atoms with Gasteiger partial charge in [0.15, 0.2) is 0 Å². The molecule has 0 fully saturated rings. The molecule has 2 heterocycles. The second kappa shape index (κ2) is 9.77. The van der Waals surface area contributed by atoms with Gasteiger partial charge in [-0.15, -0.1) is 6.58 Å². The fraction of sp³-hybridized carbons (Fsp3) is 0.143. The lowest BCUT2D eigenvalue weighted by atomic mass is 10.0. The molecular formula is C28H25N5O2. The molecule has 0 aliphatic heterocycles. The number of ether oxygens (including phenoxy) is 1. The van der Waals surface area contributed by atoms with Gasteiger partial charge in [-0.05, 0) is 42.3 Å². The van der Waals surface area contributed by atoms with Crippen LogP contribution in [0.2, 0.25) is 0 Å². The Kier molecular flexibility index (Phi) is 6.22. The topological polar surface area (TPSA) is 81.9 Å². The summed E-state index contributed by atoms with van der Waals surface area (Å²) in [6.07, 6.45) is 5.66. The van der Waals surface area contributed by atoms with Crippen LogP contribution in [0.3, 0.4) is 0 Å². The molecule has 5 rings (SSSR count).